The molecule has 0 radical (unpaired) electrons. The maximum atomic E-state index is 11.6. The van der Waals surface area contributed by atoms with Crippen LogP contribution >= 0.6 is 0 Å². The van der Waals surface area contributed by atoms with Gasteiger partial charge in [0.05, 0.1) is 14.2 Å². The number of ether oxygens (including phenoxy) is 2. The molecule has 1 aromatic rings. The van der Waals surface area contributed by atoms with Crippen molar-refractivity contribution in [2.45, 2.75) is 12.8 Å². The molecule has 4 heteroatoms. The highest BCUT2D eigenvalue weighted by Crippen LogP contribution is 2.26. The van der Waals surface area contributed by atoms with Gasteiger partial charge >= 0.3 is 11.9 Å². The topological polar surface area (TPSA) is 52.6 Å². The molecule has 1 atom stereocenters. The lowest BCUT2D eigenvalue weighted by Gasteiger charge is -2.19. The van der Waals surface area contributed by atoms with Gasteiger partial charge in [0, 0.05) is 5.92 Å². The number of carbonyl (C=O) groups is 2. The van der Waals surface area contributed by atoms with Gasteiger partial charge in [-0.15, -0.1) is 0 Å². The number of carbonyl (C=O) groups excluding carboxylic acids is 2. The summed E-state index contributed by atoms with van der Waals surface area (Å²) >= 11 is 0. The molecule has 17 heavy (non-hydrogen) atoms. The summed E-state index contributed by atoms with van der Waals surface area (Å²) in [4.78, 5) is 23.2. The molecule has 0 aromatic heterocycles. The van der Waals surface area contributed by atoms with E-state index in [1.54, 1.807) is 6.92 Å². The Morgan fingerprint density at radius 1 is 1.00 bits per heavy atom. The van der Waals surface area contributed by atoms with Crippen molar-refractivity contribution in [2.75, 3.05) is 14.2 Å². The first-order valence-electron chi connectivity index (χ1n) is 5.32. The highest BCUT2D eigenvalue weighted by Gasteiger charge is 2.34. The lowest BCUT2D eigenvalue weighted by molar-refractivity contribution is -0.159. The predicted octanol–water partition coefficient (Wildman–Crippen LogP) is 1.75. The number of hydrogen-bond acceptors (Lipinski definition) is 4. The first-order valence-corrected chi connectivity index (χ1v) is 5.32. The minimum Gasteiger partial charge on any atom is -0.468 e. The summed E-state index contributed by atoms with van der Waals surface area (Å²) in [6.07, 6.45) is 0. The van der Waals surface area contributed by atoms with Gasteiger partial charge in [-0.2, -0.15) is 0 Å². The van der Waals surface area contributed by atoms with Crippen molar-refractivity contribution in [3.63, 3.8) is 0 Å². The van der Waals surface area contributed by atoms with Gasteiger partial charge in [-0.1, -0.05) is 37.3 Å². The first-order chi connectivity index (χ1) is 8.11. The van der Waals surface area contributed by atoms with Gasteiger partial charge in [0.2, 0.25) is 0 Å². The van der Waals surface area contributed by atoms with E-state index < -0.39 is 17.9 Å². The van der Waals surface area contributed by atoms with Crippen molar-refractivity contribution in [2.24, 2.45) is 5.92 Å². The average molecular weight is 236 g/mol. The van der Waals surface area contributed by atoms with Crippen molar-refractivity contribution >= 4 is 11.9 Å². The summed E-state index contributed by atoms with van der Waals surface area (Å²) in [5.74, 6) is -2.36. The molecule has 4 nitrogen and oxygen atoms in total. The maximum Gasteiger partial charge on any atom is 0.320 e. The molecule has 0 aliphatic carbocycles. The van der Waals surface area contributed by atoms with E-state index in [2.05, 4.69) is 9.47 Å². The average Bonchev–Trinajstić information content (AvgIpc) is 2.39. The molecular formula is C13H16O4. The molecule has 1 aromatic carbocycles. The summed E-state index contributed by atoms with van der Waals surface area (Å²) in [6, 6.07) is 9.32. The lowest BCUT2D eigenvalue weighted by Crippen LogP contribution is -2.31. The largest absolute Gasteiger partial charge is 0.468 e. The second-order valence-electron chi connectivity index (χ2n) is 3.72. The van der Waals surface area contributed by atoms with Crippen LogP contribution in [0, 0.1) is 5.92 Å². The molecule has 0 amide bonds. The Morgan fingerprint density at radius 2 is 1.47 bits per heavy atom. The van der Waals surface area contributed by atoms with E-state index in [-0.39, 0.29) is 5.92 Å². The van der Waals surface area contributed by atoms with E-state index in [4.69, 9.17) is 0 Å². The summed E-state index contributed by atoms with van der Waals surface area (Å²) in [7, 11) is 2.52. The maximum absolute atomic E-state index is 11.6. The summed E-state index contributed by atoms with van der Waals surface area (Å²) in [6.45, 7) is 1.80. The van der Waals surface area contributed by atoms with Crippen molar-refractivity contribution in [3.8, 4) is 0 Å². The van der Waals surface area contributed by atoms with Crippen LogP contribution in [0.25, 0.3) is 0 Å². The van der Waals surface area contributed by atoms with Crippen LogP contribution in [-0.2, 0) is 19.1 Å². The minimum atomic E-state index is -0.924. The zero-order valence-electron chi connectivity index (χ0n) is 10.2. The van der Waals surface area contributed by atoms with Crippen molar-refractivity contribution in [1.82, 2.24) is 0 Å². The van der Waals surface area contributed by atoms with Gasteiger partial charge in [-0.3, -0.25) is 9.59 Å². The van der Waals surface area contributed by atoms with Gasteiger partial charge in [-0.25, -0.2) is 0 Å². The smallest absolute Gasteiger partial charge is 0.320 e. The molecule has 0 saturated heterocycles. The molecule has 0 fully saturated rings. The molecule has 0 aliphatic heterocycles. The standard InChI is InChI=1S/C13H16O4/c1-9(10-7-5-4-6-8-10)11(12(14)16-2)13(15)17-3/h4-9,11H,1-3H3. The van der Waals surface area contributed by atoms with Gasteiger partial charge in [0.25, 0.3) is 0 Å². The summed E-state index contributed by atoms with van der Waals surface area (Å²) in [5, 5.41) is 0. The molecule has 0 saturated carbocycles. The third kappa shape index (κ3) is 3.06. The number of hydrogen-bond donors (Lipinski definition) is 0. The van der Waals surface area contributed by atoms with E-state index >= 15 is 0 Å². The van der Waals surface area contributed by atoms with Gasteiger partial charge in [-0.05, 0) is 5.56 Å². The molecule has 92 valence electrons. The van der Waals surface area contributed by atoms with Crippen LogP contribution in [0.4, 0.5) is 0 Å². The molecule has 1 rings (SSSR count). The summed E-state index contributed by atoms with van der Waals surface area (Å²) < 4.78 is 9.28. The highest BCUT2D eigenvalue weighted by atomic mass is 16.5. The third-order valence-electron chi connectivity index (χ3n) is 2.74. The van der Waals surface area contributed by atoms with Crippen LogP contribution in [0.15, 0.2) is 30.3 Å². The van der Waals surface area contributed by atoms with Crippen molar-refractivity contribution in [1.29, 1.82) is 0 Å². The van der Waals surface area contributed by atoms with Gasteiger partial charge in [0.1, 0.15) is 0 Å². The van der Waals surface area contributed by atoms with Crippen LogP contribution in [0.2, 0.25) is 0 Å². The molecule has 1 unspecified atom stereocenters. The summed E-state index contributed by atoms with van der Waals surface area (Å²) in [5.41, 5.74) is 0.897. The number of rotatable bonds is 4. The van der Waals surface area contributed by atoms with Crippen LogP contribution in [-0.4, -0.2) is 26.2 Å². The molecule has 0 N–H and O–H groups in total. The Hall–Kier alpha value is -1.84. The Kier molecular flexibility index (Phi) is 4.69. The number of methoxy groups -OCH3 is 2. The SMILES string of the molecule is COC(=O)C(C(=O)OC)C(C)c1ccccc1. The third-order valence-corrected chi connectivity index (χ3v) is 2.74. The Morgan fingerprint density at radius 3 is 1.88 bits per heavy atom. The van der Waals surface area contributed by atoms with Gasteiger partial charge in [0.15, 0.2) is 5.92 Å². The highest BCUT2D eigenvalue weighted by molar-refractivity contribution is 5.95. The molecule has 0 spiro atoms. The fourth-order valence-electron chi connectivity index (χ4n) is 1.71. The van der Waals surface area contributed by atoms with Crippen molar-refractivity contribution < 1.29 is 19.1 Å². The fraction of sp³-hybridized carbons (Fsp3) is 0.385. The van der Waals surface area contributed by atoms with Crippen LogP contribution in [0.5, 0.6) is 0 Å². The van der Waals surface area contributed by atoms with Crippen LogP contribution in [0.1, 0.15) is 18.4 Å². The molecule has 0 aliphatic rings. The van der Waals surface area contributed by atoms with Crippen molar-refractivity contribution in [3.05, 3.63) is 35.9 Å². The first kappa shape index (κ1) is 13.2. The zero-order chi connectivity index (χ0) is 12.8. The molecular weight excluding hydrogens is 220 g/mol. The van der Waals surface area contributed by atoms with E-state index in [9.17, 15) is 9.59 Å². The molecule has 0 heterocycles. The number of benzene rings is 1. The zero-order valence-corrected chi connectivity index (χ0v) is 10.2. The number of esters is 2. The van der Waals surface area contributed by atoms with E-state index in [0.717, 1.165) is 5.56 Å². The fourth-order valence-corrected chi connectivity index (χ4v) is 1.71. The normalized spacial score (nSPS) is 12.0. The minimum absolute atomic E-state index is 0.281. The van der Waals surface area contributed by atoms with E-state index in [1.165, 1.54) is 14.2 Å². The van der Waals surface area contributed by atoms with Gasteiger partial charge < -0.3 is 9.47 Å². The quantitative estimate of drug-likeness (QED) is 0.590. The Bertz CT molecular complexity index is 370. The second kappa shape index (κ2) is 6.03. The van der Waals surface area contributed by atoms with Crippen LogP contribution < -0.4 is 0 Å². The predicted molar refractivity (Wildman–Crippen MR) is 62.4 cm³/mol. The second-order valence-corrected chi connectivity index (χ2v) is 3.72. The Balaban J connectivity index is 2.99. The van der Waals surface area contributed by atoms with E-state index in [0.29, 0.717) is 0 Å². The lowest BCUT2D eigenvalue weighted by atomic mass is 9.87. The molecule has 0 bridgehead atoms. The van der Waals surface area contributed by atoms with E-state index in [1.807, 2.05) is 30.3 Å². The van der Waals surface area contributed by atoms with Crippen LogP contribution in [0.3, 0.4) is 0 Å². The monoisotopic (exact) mass is 236 g/mol. The Labute approximate surface area is 101 Å².